The Balaban J connectivity index is 2.12. The lowest BCUT2D eigenvalue weighted by atomic mass is 9.91. The summed E-state index contributed by atoms with van der Waals surface area (Å²) in [5.41, 5.74) is 3.19. The minimum atomic E-state index is 1.28. The molecule has 0 saturated carbocycles. The largest absolute Gasteiger partial charge is 0.0616 e. The van der Waals surface area contributed by atoms with E-state index in [4.69, 9.17) is 0 Å². The standard InChI is InChI=1S/C16H18/c1-2-4-8-14-12-16-10-6-5-9-15(16)11-13(14)7-3-1/h5-6,9-12H,1-4,7-8H2. The van der Waals surface area contributed by atoms with E-state index in [2.05, 4.69) is 36.4 Å². The number of benzene rings is 2. The van der Waals surface area contributed by atoms with Crippen molar-refractivity contribution < 1.29 is 0 Å². The molecule has 0 radical (unpaired) electrons. The molecule has 0 unspecified atom stereocenters. The van der Waals surface area contributed by atoms with Crippen LogP contribution in [0.1, 0.15) is 36.8 Å². The van der Waals surface area contributed by atoms with Gasteiger partial charge in [-0.05, 0) is 47.6 Å². The van der Waals surface area contributed by atoms with Crippen LogP contribution in [0.25, 0.3) is 10.8 Å². The summed E-state index contributed by atoms with van der Waals surface area (Å²) in [5, 5.41) is 2.81. The smallest absolute Gasteiger partial charge is 0.0181 e. The molecule has 3 rings (SSSR count). The highest BCUT2D eigenvalue weighted by Gasteiger charge is 2.07. The molecule has 1 aliphatic carbocycles. The van der Waals surface area contributed by atoms with E-state index in [9.17, 15) is 0 Å². The topological polar surface area (TPSA) is 0 Å². The summed E-state index contributed by atoms with van der Waals surface area (Å²) in [6, 6.07) is 13.6. The highest BCUT2D eigenvalue weighted by Crippen LogP contribution is 2.25. The molecule has 16 heavy (non-hydrogen) atoms. The van der Waals surface area contributed by atoms with Crippen LogP contribution in [-0.2, 0) is 12.8 Å². The van der Waals surface area contributed by atoms with E-state index < -0.39 is 0 Å². The zero-order valence-electron chi connectivity index (χ0n) is 9.71. The average molecular weight is 210 g/mol. The Bertz CT molecular complexity index is 450. The van der Waals surface area contributed by atoms with E-state index in [1.807, 2.05) is 0 Å². The second kappa shape index (κ2) is 4.29. The van der Waals surface area contributed by atoms with Gasteiger partial charge in [0.25, 0.3) is 0 Å². The van der Waals surface area contributed by atoms with E-state index in [0.717, 1.165) is 0 Å². The van der Waals surface area contributed by atoms with Gasteiger partial charge in [-0.15, -0.1) is 0 Å². The van der Waals surface area contributed by atoms with Crippen LogP contribution in [0.15, 0.2) is 36.4 Å². The van der Waals surface area contributed by atoms with Crippen molar-refractivity contribution in [2.75, 3.05) is 0 Å². The van der Waals surface area contributed by atoms with Crippen molar-refractivity contribution in [1.29, 1.82) is 0 Å². The number of fused-ring (bicyclic) bond motifs is 2. The molecule has 0 N–H and O–H groups in total. The Morgan fingerprint density at radius 1 is 0.625 bits per heavy atom. The van der Waals surface area contributed by atoms with Crippen LogP contribution in [0, 0.1) is 0 Å². The summed E-state index contributed by atoms with van der Waals surface area (Å²) in [4.78, 5) is 0. The molecular formula is C16H18. The molecule has 0 heterocycles. The maximum atomic E-state index is 2.41. The molecular weight excluding hydrogens is 192 g/mol. The Kier molecular flexibility index (Phi) is 2.65. The van der Waals surface area contributed by atoms with Crippen molar-refractivity contribution in [3.05, 3.63) is 47.5 Å². The Labute approximate surface area is 97.3 Å². The van der Waals surface area contributed by atoms with Gasteiger partial charge in [-0.1, -0.05) is 49.2 Å². The van der Waals surface area contributed by atoms with Gasteiger partial charge in [-0.3, -0.25) is 0 Å². The Morgan fingerprint density at radius 3 is 1.62 bits per heavy atom. The predicted octanol–water partition coefficient (Wildman–Crippen LogP) is 4.50. The molecule has 1 aliphatic rings. The first-order valence-electron chi connectivity index (χ1n) is 6.44. The molecule has 82 valence electrons. The number of hydrogen-bond donors (Lipinski definition) is 0. The Morgan fingerprint density at radius 2 is 1.12 bits per heavy atom. The SMILES string of the molecule is c1ccc2cc3c(cc2c1)CCCCCC3. The molecule has 0 fully saturated rings. The van der Waals surface area contributed by atoms with Gasteiger partial charge in [0.2, 0.25) is 0 Å². The second-order valence-electron chi connectivity index (χ2n) is 4.88. The van der Waals surface area contributed by atoms with E-state index in [1.165, 1.54) is 49.3 Å². The van der Waals surface area contributed by atoms with Crippen LogP contribution in [0.4, 0.5) is 0 Å². The number of rotatable bonds is 0. The van der Waals surface area contributed by atoms with E-state index in [0.29, 0.717) is 0 Å². The first-order valence-corrected chi connectivity index (χ1v) is 6.44. The van der Waals surface area contributed by atoms with Crippen LogP contribution in [0.3, 0.4) is 0 Å². The lowest BCUT2D eigenvalue weighted by Crippen LogP contribution is -1.99. The molecule has 0 spiro atoms. The summed E-state index contributed by atoms with van der Waals surface area (Å²) in [6.45, 7) is 0. The first-order chi connectivity index (χ1) is 7.93. The van der Waals surface area contributed by atoms with Gasteiger partial charge in [0.15, 0.2) is 0 Å². The monoisotopic (exact) mass is 210 g/mol. The van der Waals surface area contributed by atoms with Crippen LogP contribution >= 0.6 is 0 Å². The normalized spacial score (nSPS) is 16.5. The average Bonchev–Trinajstić information content (AvgIpc) is 2.29. The zero-order valence-corrected chi connectivity index (χ0v) is 9.71. The fourth-order valence-corrected chi connectivity index (χ4v) is 2.78. The van der Waals surface area contributed by atoms with Crippen molar-refractivity contribution in [2.45, 2.75) is 38.5 Å². The molecule has 0 saturated heterocycles. The van der Waals surface area contributed by atoms with Gasteiger partial charge in [-0.2, -0.15) is 0 Å². The lowest BCUT2D eigenvalue weighted by Gasteiger charge is -2.14. The van der Waals surface area contributed by atoms with E-state index in [1.54, 1.807) is 11.1 Å². The third-order valence-electron chi connectivity index (χ3n) is 3.71. The summed E-state index contributed by atoms with van der Waals surface area (Å²) >= 11 is 0. The minimum Gasteiger partial charge on any atom is -0.0616 e. The molecule has 0 aromatic heterocycles. The molecule has 2 aromatic carbocycles. The van der Waals surface area contributed by atoms with Crippen molar-refractivity contribution in [1.82, 2.24) is 0 Å². The minimum absolute atomic E-state index is 1.28. The third-order valence-corrected chi connectivity index (χ3v) is 3.71. The predicted molar refractivity (Wildman–Crippen MR) is 69.8 cm³/mol. The van der Waals surface area contributed by atoms with Crippen molar-refractivity contribution in [2.24, 2.45) is 0 Å². The fraction of sp³-hybridized carbons (Fsp3) is 0.375. The molecule has 2 aromatic rings. The van der Waals surface area contributed by atoms with Crippen LogP contribution < -0.4 is 0 Å². The maximum absolute atomic E-state index is 2.41. The highest BCUT2D eigenvalue weighted by molar-refractivity contribution is 5.84. The van der Waals surface area contributed by atoms with Crippen molar-refractivity contribution >= 4 is 10.8 Å². The Hall–Kier alpha value is -1.30. The van der Waals surface area contributed by atoms with Gasteiger partial charge in [0.05, 0.1) is 0 Å². The van der Waals surface area contributed by atoms with Gasteiger partial charge in [0.1, 0.15) is 0 Å². The number of aryl methyl sites for hydroxylation is 2. The molecule has 0 heteroatoms. The fourth-order valence-electron chi connectivity index (χ4n) is 2.78. The maximum Gasteiger partial charge on any atom is -0.0181 e. The van der Waals surface area contributed by atoms with Gasteiger partial charge in [0, 0.05) is 0 Å². The second-order valence-corrected chi connectivity index (χ2v) is 4.88. The van der Waals surface area contributed by atoms with Crippen molar-refractivity contribution in [3.63, 3.8) is 0 Å². The van der Waals surface area contributed by atoms with Crippen LogP contribution in [0.2, 0.25) is 0 Å². The lowest BCUT2D eigenvalue weighted by molar-refractivity contribution is 0.617. The van der Waals surface area contributed by atoms with Gasteiger partial charge < -0.3 is 0 Å². The van der Waals surface area contributed by atoms with Gasteiger partial charge in [-0.25, -0.2) is 0 Å². The molecule has 0 atom stereocenters. The molecule has 0 aliphatic heterocycles. The number of hydrogen-bond acceptors (Lipinski definition) is 0. The van der Waals surface area contributed by atoms with E-state index in [-0.39, 0.29) is 0 Å². The summed E-state index contributed by atoms with van der Waals surface area (Å²) in [7, 11) is 0. The van der Waals surface area contributed by atoms with E-state index >= 15 is 0 Å². The summed E-state index contributed by atoms with van der Waals surface area (Å²) in [6.07, 6.45) is 8.11. The summed E-state index contributed by atoms with van der Waals surface area (Å²) < 4.78 is 0. The highest BCUT2D eigenvalue weighted by atomic mass is 14.1. The molecule has 0 bridgehead atoms. The van der Waals surface area contributed by atoms with Crippen molar-refractivity contribution in [3.8, 4) is 0 Å². The first kappa shape index (κ1) is 9.89. The third kappa shape index (κ3) is 1.84. The summed E-state index contributed by atoms with van der Waals surface area (Å²) in [5.74, 6) is 0. The van der Waals surface area contributed by atoms with Gasteiger partial charge >= 0.3 is 0 Å². The molecule has 0 nitrogen and oxygen atoms in total. The molecule has 0 amide bonds. The zero-order chi connectivity index (χ0) is 10.8. The quantitative estimate of drug-likeness (QED) is 0.600. The van der Waals surface area contributed by atoms with Crippen LogP contribution in [-0.4, -0.2) is 0 Å². The van der Waals surface area contributed by atoms with Crippen LogP contribution in [0.5, 0.6) is 0 Å².